The van der Waals surface area contributed by atoms with E-state index in [0.717, 1.165) is 11.8 Å². The lowest BCUT2D eigenvalue weighted by Gasteiger charge is -2.30. The molecule has 3 heteroatoms. The third kappa shape index (κ3) is 13.9. The molecule has 1 fully saturated rings. The van der Waals surface area contributed by atoms with Gasteiger partial charge in [0.25, 0.3) is 0 Å². The van der Waals surface area contributed by atoms with Crippen molar-refractivity contribution in [3.8, 4) is 0 Å². The highest BCUT2D eigenvalue weighted by Crippen LogP contribution is 2.28. The number of nitrogens with zero attached hydrogens (tertiary/aromatic N) is 2. The summed E-state index contributed by atoms with van der Waals surface area (Å²) in [6.45, 7) is 13.2. The first-order valence-electron chi connectivity index (χ1n) is 8.15. The molecule has 1 saturated carbocycles. The number of rotatable bonds is 5. The highest BCUT2D eigenvalue weighted by Gasteiger charge is 2.19. The summed E-state index contributed by atoms with van der Waals surface area (Å²) in [5.41, 5.74) is 4.61. The monoisotopic (exact) mass is 285 g/mol. The highest BCUT2D eigenvalue weighted by molar-refractivity contribution is 4.72. The van der Waals surface area contributed by atoms with Gasteiger partial charge in [-0.05, 0) is 52.0 Å². The first kappa shape index (κ1) is 21.8. The van der Waals surface area contributed by atoms with Crippen LogP contribution >= 0.6 is 0 Å². The van der Waals surface area contributed by atoms with Crippen LogP contribution in [0.1, 0.15) is 46.5 Å². The second kappa shape index (κ2) is 14.9. The summed E-state index contributed by atoms with van der Waals surface area (Å²) in [6, 6.07) is 0. The van der Waals surface area contributed by atoms with Crippen molar-refractivity contribution in [1.29, 1.82) is 0 Å². The van der Waals surface area contributed by atoms with Crippen molar-refractivity contribution in [3.63, 3.8) is 0 Å². The molecule has 0 saturated heterocycles. The number of hydrogen-bond donors (Lipinski definition) is 1. The molecular weight excluding hydrogens is 246 g/mol. The summed E-state index contributed by atoms with van der Waals surface area (Å²) in [4.78, 5) is 4.76. The molecule has 0 amide bonds. The minimum Gasteiger partial charge on any atom is -0.405 e. The van der Waals surface area contributed by atoms with Gasteiger partial charge in [0.15, 0.2) is 0 Å². The average molecular weight is 286 g/mol. The van der Waals surface area contributed by atoms with E-state index in [1.807, 2.05) is 13.8 Å². The third-order valence-electron chi connectivity index (χ3n) is 3.63. The Hall–Kier alpha value is -0.540. The van der Waals surface area contributed by atoms with Crippen LogP contribution in [0.5, 0.6) is 0 Å². The predicted molar refractivity (Wildman–Crippen MR) is 92.9 cm³/mol. The van der Waals surface area contributed by atoms with Crippen molar-refractivity contribution in [2.75, 3.05) is 40.8 Å². The maximum absolute atomic E-state index is 4.61. The fraction of sp³-hybridized carbons (Fsp3) is 0.882. The van der Waals surface area contributed by atoms with E-state index >= 15 is 0 Å². The minimum absolute atomic E-state index is 0.966. The lowest BCUT2D eigenvalue weighted by atomic mass is 9.83. The predicted octanol–water partition coefficient (Wildman–Crippen LogP) is 3.42. The summed E-state index contributed by atoms with van der Waals surface area (Å²) < 4.78 is 0. The van der Waals surface area contributed by atoms with E-state index in [0.29, 0.717) is 0 Å². The van der Waals surface area contributed by atoms with Crippen LogP contribution in [0.4, 0.5) is 0 Å². The second-order valence-corrected chi connectivity index (χ2v) is 5.93. The second-order valence-electron chi connectivity index (χ2n) is 5.93. The molecule has 0 aliphatic heterocycles. The zero-order chi connectivity index (χ0) is 16.0. The Kier molecular flexibility index (Phi) is 16.2. The van der Waals surface area contributed by atoms with Gasteiger partial charge in [0, 0.05) is 19.6 Å². The summed E-state index contributed by atoms with van der Waals surface area (Å²) >= 11 is 0. The van der Waals surface area contributed by atoms with Gasteiger partial charge in [-0.2, -0.15) is 0 Å². The molecule has 0 atom stereocenters. The number of nitrogens with two attached hydrogens (primary N) is 1. The molecule has 1 aliphatic carbocycles. The number of likely N-dealkylation sites (N-methyl/N-ethyl adjacent to an activating group) is 2. The molecule has 0 unspecified atom stereocenters. The van der Waals surface area contributed by atoms with Gasteiger partial charge in [-0.15, -0.1) is 0 Å². The molecular formula is C17H39N3. The molecule has 122 valence electrons. The van der Waals surface area contributed by atoms with Crippen LogP contribution in [0, 0.1) is 11.8 Å². The summed E-state index contributed by atoms with van der Waals surface area (Å²) in [5.74, 6) is 1.95. The van der Waals surface area contributed by atoms with Crippen LogP contribution in [-0.4, -0.2) is 50.6 Å². The zero-order valence-electron chi connectivity index (χ0n) is 14.9. The van der Waals surface area contributed by atoms with E-state index in [9.17, 15) is 0 Å². The minimum atomic E-state index is 0.966. The van der Waals surface area contributed by atoms with Gasteiger partial charge >= 0.3 is 0 Å². The quantitative estimate of drug-likeness (QED) is 0.840. The van der Waals surface area contributed by atoms with Gasteiger partial charge in [-0.3, -0.25) is 0 Å². The molecule has 0 radical (unpaired) electrons. The number of hydrogen-bond acceptors (Lipinski definition) is 3. The Morgan fingerprint density at radius 2 is 1.50 bits per heavy atom. The van der Waals surface area contributed by atoms with Crippen molar-refractivity contribution in [2.24, 2.45) is 17.6 Å². The first-order chi connectivity index (χ1) is 9.49. The Labute approximate surface area is 128 Å². The first-order valence-corrected chi connectivity index (χ1v) is 8.15. The SMILES string of the molecule is C=CN.CC.CC1CCC(CN(C)CCN(C)C)CC1. The van der Waals surface area contributed by atoms with E-state index in [2.05, 4.69) is 50.2 Å². The Balaban J connectivity index is 0. The lowest BCUT2D eigenvalue weighted by molar-refractivity contribution is 0.198. The molecule has 0 aromatic carbocycles. The van der Waals surface area contributed by atoms with Crippen LogP contribution in [0.3, 0.4) is 0 Å². The molecule has 0 aromatic rings. The molecule has 1 rings (SSSR count). The van der Waals surface area contributed by atoms with Crippen LogP contribution in [0.15, 0.2) is 12.8 Å². The van der Waals surface area contributed by atoms with E-state index < -0.39 is 0 Å². The summed E-state index contributed by atoms with van der Waals surface area (Å²) in [7, 11) is 6.56. The zero-order valence-corrected chi connectivity index (χ0v) is 14.9. The van der Waals surface area contributed by atoms with Crippen LogP contribution in [-0.2, 0) is 0 Å². The van der Waals surface area contributed by atoms with Gasteiger partial charge in [-0.1, -0.05) is 40.2 Å². The Bertz CT molecular complexity index is 196. The smallest absolute Gasteiger partial charge is 0.0106 e. The normalized spacial score (nSPS) is 21.6. The largest absolute Gasteiger partial charge is 0.405 e. The van der Waals surface area contributed by atoms with Crippen molar-refractivity contribution in [1.82, 2.24) is 9.80 Å². The van der Waals surface area contributed by atoms with Crippen molar-refractivity contribution in [3.05, 3.63) is 12.8 Å². The molecule has 0 heterocycles. The van der Waals surface area contributed by atoms with Crippen LogP contribution in [0.25, 0.3) is 0 Å². The molecule has 0 aromatic heterocycles. The maximum Gasteiger partial charge on any atom is 0.0106 e. The third-order valence-corrected chi connectivity index (χ3v) is 3.63. The summed E-state index contributed by atoms with van der Waals surface area (Å²) in [6.07, 6.45) is 7.05. The fourth-order valence-electron chi connectivity index (χ4n) is 2.41. The topological polar surface area (TPSA) is 32.5 Å². The van der Waals surface area contributed by atoms with E-state index in [-0.39, 0.29) is 0 Å². The molecule has 3 nitrogen and oxygen atoms in total. The molecule has 1 aliphatic rings. The lowest BCUT2D eigenvalue weighted by Crippen LogP contribution is -2.33. The molecule has 2 N–H and O–H groups in total. The maximum atomic E-state index is 4.61. The fourth-order valence-corrected chi connectivity index (χ4v) is 2.41. The van der Waals surface area contributed by atoms with Crippen molar-refractivity contribution >= 4 is 0 Å². The van der Waals surface area contributed by atoms with Gasteiger partial charge in [0.1, 0.15) is 0 Å². The van der Waals surface area contributed by atoms with E-state index in [4.69, 9.17) is 0 Å². The molecule has 0 bridgehead atoms. The van der Waals surface area contributed by atoms with Gasteiger partial charge in [-0.25, -0.2) is 0 Å². The van der Waals surface area contributed by atoms with Gasteiger partial charge in [0.2, 0.25) is 0 Å². The Morgan fingerprint density at radius 1 is 1.05 bits per heavy atom. The van der Waals surface area contributed by atoms with Gasteiger partial charge in [0.05, 0.1) is 0 Å². The molecule has 20 heavy (non-hydrogen) atoms. The van der Waals surface area contributed by atoms with Crippen molar-refractivity contribution < 1.29 is 0 Å². The van der Waals surface area contributed by atoms with Gasteiger partial charge < -0.3 is 15.5 Å². The van der Waals surface area contributed by atoms with E-state index in [1.54, 1.807) is 0 Å². The Morgan fingerprint density at radius 3 is 1.90 bits per heavy atom. The molecule has 0 spiro atoms. The highest BCUT2D eigenvalue weighted by atomic mass is 15.1. The van der Waals surface area contributed by atoms with Crippen LogP contribution in [0.2, 0.25) is 0 Å². The standard InChI is InChI=1S/C13H28N2.C2H5N.C2H6/c1-12-5-7-13(8-6-12)11-15(4)10-9-14(2)3;1-2-3;1-2/h12-13H,5-11H2,1-4H3;2H,1,3H2;1-2H3. The van der Waals surface area contributed by atoms with E-state index in [1.165, 1.54) is 51.5 Å². The van der Waals surface area contributed by atoms with Crippen molar-refractivity contribution in [2.45, 2.75) is 46.5 Å². The average Bonchev–Trinajstić information content (AvgIpc) is 2.42. The van der Waals surface area contributed by atoms with Crippen LogP contribution < -0.4 is 5.73 Å². The summed E-state index contributed by atoms with van der Waals surface area (Å²) in [5, 5.41) is 0.